The molecule has 0 spiro atoms. The van der Waals surface area contributed by atoms with Crippen LogP contribution in [0.1, 0.15) is 5.56 Å². The molecule has 1 aliphatic heterocycles. The first-order valence-corrected chi connectivity index (χ1v) is 5.08. The van der Waals surface area contributed by atoms with Crippen molar-refractivity contribution in [1.82, 2.24) is 4.98 Å². The van der Waals surface area contributed by atoms with E-state index in [1.54, 1.807) is 6.20 Å². The van der Waals surface area contributed by atoms with Gasteiger partial charge in [-0.15, -0.1) is 0 Å². The number of aromatic nitrogens is 1. The summed E-state index contributed by atoms with van der Waals surface area (Å²) in [5, 5.41) is 9.17. The van der Waals surface area contributed by atoms with Crippen molar-refractivity contribution in [2.45, 2.75) is 6.54 Å². The minimum Gasteiger partial charge on any atom is -0.254 e. The summed E-state index contributed by atoms with van der Waals surface area (Å²) in [7, 11) is 0. The monoisotopic (exact) mass is 247 g/mol. The van der Waals surface area contributed by atoms with Gasteiger partial charge >= 0.3 is 0 Å². The van der Waals surface area contributed by atoms with Gasteiger partial charge in [0.15, 0.2) is 0 Å². The molecule has 3 rings (SSSR count). The van der Waals surface area contributed by atoms with Crippen molar-refractivity contribution in [2.24, 2.45) is 10.2 Å². The maximum absolute atomic E-state index is 4.32. The molecule has 1 aliphatic rings. The maximum atomic E-state index is 4.32. The van der Waals surface area contributed by atoms with Crippen molar-refractivity contribution in [2.75, 3.05) is 0 Å². The molecule has 14 heavy (non-hydrogen) atoms. The van der Waals surface area contributed by atoms with E-state index in [9.17, 15) is 0 Å². The molecule has 2 heterocycles. The third-order valence-electron chi connectivity index (χ3n) is 2.33. The lowest BCUT2D eigenvalue weighted by Gasteiger charge is -2.02. The van der Waals surface area contributed by atoms with Gasteiger partial charge in [0, 0.05) is 15.4 Å². The third kappa shape index (κ3) is 1.07. The molecule has 0 aliphatic carbocycles. The van der Waals surface area contributed by atoms with Crippen LogP contribution in [0.4, 0.5) is 5.69 Å². The van der Waals surface area contributed by atoms with E-state index in [0.29, 0.717) is 6.54 Å². The summed E-state index contributed by atoms with van der Waals surface area (Å²) >= 11 is 3.45. The van der Waals surface area contributed by atoms with Crippen LogP contribution < -0.4 is 0 Å². The Balaban J connectivity index is 2.43. The second-order valence-electron chi connectivity index (χ2n) is 3.18. The summed E-state index contributed by atoms with van der Waals surface area (Å²) in [6.45, 7) is 0.671. The first-order chi connectivity index (χ1) is 6.84. The molecule has 2 aromatic rings. The summed E-state index contributed by atoms with van der Waals surface area (Å²) in [6.07, 6.45) is 1.78. The van der Waals surface area contributed by atoms with Crippen molar-refractivity contribution in [3.05, 3.63) is 34.4 Å². The summed E-state index contributed by atoms with van der Waals surface area (Å²) in [6, 6.07) is 6.06. The highest BCUT2D eigenvalue weighted by atomic mass is 79.9. The van der Waals surface area contributed by atoms with E-state index < -0.39 is 0 Å². The van der Waals surface area contributed by atoms with Crippen LogP contribution in [0.2, 0.25) is 0 Å². The van der Waals surface area contributed by atoms with Gasteiger partial charge in [0.1, 0.15) is 5.69 Å². The van der Waals surface area contributed by atoms with Crippen LogP contribution in [-0.4, -0.2) is 4.98 Å². The van der Waals surface area contributed by atoms with E-state index in [1.807, 2.05) is 12.1 Å². The molecule has 3 nitrogen and oxygen atoms in total. The van der Waals surface area contributed by atoms with Crippen molar-refractivity contribution in [1.29, 1.82) is 0 Å². The van der Waals surface area contributed by atoms with Crippen molar-refractivity contribution in [3.8, 4) is 0 Å². The molecule has 0 fully saturated rings. The maximum Gasteiger partial charge on any atom is 0.109 e. The van der Waals surface area contributed by atoms with E-state index in [-0.39, 0.29) is 0 Å². The Morgan fingerprint density at radius 1 is 1.29 bits per heavy atom. The van der Waals surface area contributed by atoms with Gasteiger partial charge in [0.05, 0.1) is 18.3 Å². The SMILES string of the molecule is Brc1ccc2ncc3c(c2c1)CN=N3. The van der Waals surface area contributed by atoms with Gasteiger partial charge < -0.3 is 0 Å². The van der Waals surface area contributed by atoms with Crippen LogP contribution in [0, 0.1) is 0 Å². The van der Waals surface area contributed by atoms with Crippen LogP contribution in [-0.2, 0) is 6.54 Å². The standard InChI is InChI=1S/C10H6BrN3/c11-6-1-2-9-7(3-6)8-4-13-14-10(8)5-12-9/h1-3,5H,4H2. The topological polar surface area (TPSA) is 37.6 Å². The van der Waals surface area contributed by atoms with Crippen molar-refractivity contribution in [3.63, 3.8) is 0 Å². The van der Waals surface area contributed by atoms with Crippen LogP contribution in [0.15, 0.2) is 39.1 Å². The fourth-order valence-electron chi connectivity index (χ4n) is 1.64. The average Bonchev–Trinajstić information content (AvgIpc) is 2.65. The Morgan fingerprint density at radius 2 is 2.21 bits per heavy atom. The molecule has 0 amide bonds. The van der Waals surface area contributed by atoms with Crippen LogP contribution in [0.3, 0.4) is 0 Å². The molecule has 0 atom stereocenters. The zero-order valence-corrected chi connectivity index (χ0v) is 8.82. The predicted molar refractivity (Wildman–Crippen MR) is 57.7 cm³/mol. The highest BCUT2D eigenvalue weighted by molar-refractivity contribution is 9.10. The van der Waals surface area contributed by atoms with Gasteiger partial charge in [-0.25, -0.2) is 0 Å². The molecular formula is C10H6BrN3. The number of azo groups is 1. The fraction of sp³-hybridized carbons (Fsp3) is 0.100. The number of halogens is 1. The fourth-order valence-corrected chi connectivity index (χ4v) is 2.00. The quantitative estimate of drug-likeness (QED) is 0.701. The first-order valence-electron chi connectivity index (χ1n) is 4.29. The third-order valence-corrected chi connectivity index (χ3v) is 2.82. The Hall–Kier alpha value is -1.29. The van der Waals surface area contributed by atoms with E-state index >= 15 is 0 Å². The van der Waals surface area contributed by atoms with Gasteiger partial charge in [-0.3, -0.25) is 4.98 Å². The lowest BCUT2D eigenvalue weighted by Crippen LogP contribution is -1.84. The van der Waals surface area contributed by atoms with Gasteiger partial charge in [0.25, 0.3) is 0 Å². The largest absolute Gasteiger partial charge is 0.254 e. The summed E-state index contributed by atoms with van der Waals surface area (Å²) in [5.74, 6) is 0. The van der Waals surface area contributed by atoms with Crippen LogP contribution in [0.5, 0.6) is 0 Å². The van der Waals surface area contributed by atoms with Crippen LogP contribution >= 0.6 is 15.9 Å². The van der Waals surface area contributed by atoms with E-state index in [2.05, 4.69) is 37.2 Å². The number of hydrogen-bond donors (Lipinski definition) is 0. The number of fused-ring (bicyclic) bond motifs is 3. The number of pyridine rings is 1. The lowest BCUT2D eigenvalue weighted by atomic mass is 10.1. The molecule has 0 N–H and O–H groups in total. The minimum absolute atomic E-state index is 0.671. The molecule has 0 unspecified atom stereocenters. The summed E-state index contributed by atoms with van der Waals surface area (Å²) in [4.78, 5) is 4.32. The smallest absolute Gasteiger partial charge is 0.109 e. The minimum atomic E-state index is 0.671. The van der Waals surface area contributed by atoms with E-state index in [4.69, 9.17) is 0 Å². The molecule has 0 saturated heterocycles. The molecule has 1 aromatic heterocycles. The normalized spacial score (nSPS) is 13.5. The second kappa shape index (κ2) is 2.85. The molecule has 68 valence electrons. The number of hydrogen-bond acceptors (Lipinski definition) is 3. The number of benzene rings is 1. The predicted octanol–water partition coefficient (Wildman–Crippen LogP) is 3.59. The van der Waals surface area contributed by atoms with Crippen molar-refractivity contribution < 1.29 is 0 Å². The average molecular weight is 248 g/mol. The van der Waals surface area contributed by atoms with Gasteiger partial charge in [-0.1, -0.05) is 15.9 Å². The summed E-state index contributed by atoms with van der Waals surface area (Å²) in [5.41, 5.74) is 3.08. The zero-order valence-electron chi connectivity index (χ0n) is 7.24. The molecular weight excluding hydrogens is 242 g/mol. The summed E-state index contributed by atoms with van der Waals surface area (Å²) < 4.78 is 1.06. The molecule has 4 heteroatoms. The Bertz CT molecular complexity index is 548. The lowest BCUT2D eigenvalue weighted by molar-refractivity contribution is 1.05. The van der Waals surface area contributed by atoms with Gasteiger partial charge in [-0.05, 0) is 18.2 Å². The molecule has 0 saturated carbocycles. The Kier molecular flexibility index (Phi) is 1.64. The second-order valence-corrected chi connectivity index (χ2v) is 4.10. The van der Waals surface area contributed by atoms with Gasteiger partial charge in [-0.2, -0.15) is 10.2 Å². The molecule has 1 aromatic carbocycles. The van der Waals surface area contributed by atoms with Crippen LogP contribution in [0.25, 0.3) is 10.9 Å². The van der Waals surface area contributed by atoms with E-state index in [1.165, 1.54) is 5.56 Å². The highest BCUT2D eigenvalue weighted by Gasteiger charge is 2.12. The number of rotatable bonds is 0. The Morgan fingerprint density at radius 3 is 3.14 bits per heavy atom. The zero-order chi connectivity index (χ0) is 9.54. The molecule has 0 bridgehead atoms. The van der Waals surface area contributed by atoms with Crippen molar-refractivity contribution >= 4 is 32.5 Å². The first kappa shape index (κ1) is 8.05. The molecule has 0 radical (unpaired) electrons. The highest BCUT2D eigenvalue weighted by Crippen LogP contribution is 2.32. The Labute approximate surface area is 89.0 Å². The van der Waals surface area contributed by atoms with Gasteiger partial charge in [0.2, 0.25) is 0 Å². The van der Waals surface area contributed by atoms with E-state index in [0.717, 1.165) is 21.1 Å². The number of nitrogens with zero attached hydrogens (tertiary/aromatic N) is 3.